The van der Waals surface area contributed by atoms with Gasteiger partial charge in [0.2, 0.25) is 18.6 Å². The summed E-state index contributed by atoms with van der Waals surface area (Å²) in [7, 11) is 0. The zero-order chi connectivity index (χ0) is 21.6. The lowest BCUT2D eigenvalue weighted by atomic mass is 9.83. The summed E-state index contributed by atoms with van der Waals surface area (Å²) >= 11 is 0. The maximum atomic E-state index is 13.2. The zero-order valence-corrected chi connectivity index (χ0v) is 17.5. The lowest BCUT2D eigenvalue weighted by Gasteiger charge is -2.48. The van der Waals surface area contributed by atoms with E-state index in [2.05, 4.69) is 4.90 Å². The summed E-state index contributed by atoms with van der Waals surface area (Å²) in [6.45, 7) is 3.05. The van der Waals surface area contributed by atoms with Crippen molar-refractivity contribution in [1.82, 2.24) is 9.80 Å². The second kappa shape index (κ2) is 7.80. The van der Waals surface area contributed by atoms with Gasteiger partial charge in [-0.05, 0) is 50.9 Å². The third-order valence-electron chi connectivity index (χ3n) is 7.22. The number of carbonyl (C=O) groups is 3. The summed E-state index contributed by atoms with van der Waals surface area (Å²) in [6.07, 6.45) is 4.67. The van der Waals surface area contributed by atoms with E-state index < -0.39 is 11.6 Å². The molecule has 0 aromatic heterocycles. The van der Waals surface area contributed by atoms with Gasteiger partial charge in [-0.15, -0.1) is 0 Å². The van der Waals surface area contributed by atoms with E-state index in [1.165, 1.54) is 11.3 Å². The summed E-state index contributed by atoms with van der Waals surface area (Å²) in [6, 6.07) is 4.58. The highest BCUT2D eigenvalue weighted by atomic mass is 16.7. The lowest BCUT2D eigenvalue weighted by molar-refractivity contribution is -0.136. The Morgan fingerprint density at radius 3 is 2.42 bits per heavy atom. The van der Waals surface area contributed by atoms with Crippen LogP contribution in [0.1, 0.15) is 38.5 Å². The van der Waals surface area contributed by atoms with Crippen LogP contribution in [-0.2, 0) is 14.4 Å². The van der Waals surface area contributed by atoms with E-state index >= 15 is 0 Å². The molecule has 0 spiro atoms. The molecule has 4 aliphatic heterocycles. The molecule has 1 atom stereocenters. The molecule has 5 rings (SSSR count). The van der Waals surface area contributed by atoms with Crippen LogP contribution in [0.15, 0.2) is 18.2 Å². The van der Waals surface area contributed by atoms with E-state index in [0.717, 1.165) is 25.9 Å². The number of primary amides is 1. The number of hydrogen-bond acceptors (Lipinski definition) is 7. The highest BCUT2D eigenvalue weighted by Crippen LogP contribution is 2.38. The van der Waals surface area contributed by atoms with Gasteiger partial charge in [-0.3, -0.25) is 24.2 Å². The van der Waals surface area contributed by atoms with Crippen LogP contribution in [0.5, 0.6) is 11.5 Å². The van der Waals surface area contributed by atoms with Crippen molar-refractivity contribution in [2.75, 3.05) is 37.9 Å². The molecule has 0 bridgehead atoms. The first-order valence-electron chi connectivity index (χ1n) is 11.0. The van der Waals surface area contributed by atoms with Crippen molar-refractivity contribution in [3.05, 3.63) is 18.2 Å². The van der Waals surface area contributed by atoms with Gasteiger partial charge in [0.1, 0.15) is 5.54 Å². The van der Waals surface area contributed by atoms with Crippen molar-refractivity contribution >= 4 is 23.4 Å². The fraction of sp³-hybridized carbons (Fsp3) is 0.591. The average Bonchev–Trinajstić information content (AvgIpc) is 3.37. The Balaban J connectivity index is 1.30. The van der Waals surface area contributed by atoms with E-state index in [1.54, 1.807) is 18.2 Å². The Labute approximate surface area is 181 Å². The summed E-state index contributed by atoms with van der Waals surface area (Å²) in [5.41, 5.74) is 5.73. The van der Waals surface area contributed by atoms with Crippen molar-refractivity contribution < 1.29 is 23.9 Å². The van der Waals surface area contributed by atoms with E-state index in [0.29, 0.717) is 43.1 Å². The number of ether oxygens (including phenoxy) is 2. The van der Waals surface area contributed by atoms with Crippen LogP contribution >= 0.6 is 0 Å². The molecule has 166 valence electrons. The van der Waals surface area contributed by atoms with Crippen LogP contribution in [0, 0.1) is 0 Å². The second-order valence-electron chi connectivity index (χ2n) is 8.80. The van der Waals surface area contributed by atoms with Crippen molar-refractivity contribution in [1.29, 1.82) is 0 Å². The van der Waals surface area contributed by atoms with Gasteiger partial charge >= 0.3 is 0 Å². The number of hydrogen-bond donors (Lipinski definition) is 1. The summed E-state index contributed by atoms with van der Waals surface area (Å²) in [4.78, 5) is 43.9. The average molecular weight is 428 g/mol. The predicted octanol–water partition coefficient (Wildman–Crippen LogP) is 0.853. The third-order valence-corrected chi connectivity index (χ3v) is 7.22. The van der Waals surface area contributed by atoms with Crippen LogP contribution in [0.3, 0.4) is 0 Å². The number of imide groups is 1. The Hall–Kier alpha value is -2.65. The van der Waals surface area contributed by atoms with E-state index in [9.17, 15) is 14.4 Å². The van der Waals surface area contributed by atoms with Gasteiger partial charge in [0.25, 0.3) is 5.91 Å². The van der Waals surface area contributed by atoms with E-state index in [1.807, 2.05) is 4.90 Å². The molecule has 0 radical (unpaired) electrons. The van der Waals surface area contributed by atoms with E-state index in [-0.39, 0.29) is 30.9 Å². The minimum Gasteiger partial charge on any atom is -0.454 e. The van der Waals surface area contributed by atoms with Gasteiger partial charge in [0.05, 0.1) is 18.2 Å². The topological polar surface area (TPSA) is 105 Å². The molecule has 9 heteroatoms. The number of likely N-dealkylation sites (tertiary alicyclic amines) is 2. The van der Waals surface area contributed by atoms with Gasteiger partial charge < -0.3 is 15.2 Å². The molecule has 4 heterocycles. The molecule has 9 nitrogen and oxygen atoms in total. The Bertz CT molecular complexity index is 905. The summed E-state index contributed by atoms with van der Waals surface area (Å²) < 4.78 is 10.7. The molecule has 3 saturated heterocycles. The van der Waals surface area contributed by atoms with Gasteiger partial charge in [0, 0.05) is 19.2 Å². The van der Waals surface area contributed by atoms with Crippen molar-refractivity contribution in [3.8, 4) is 11.5 Å². The Morgan fingerprint density at radius 2 is 1.71 bits per heavy atom. The van der Waals surface area contributed by atoms with E-state index in [4.69, 9.17) is 15.2 Å². The first-order chi connectivity index (χ1) is 15.0. The molecular weight excluding hydrogens is 400 g/mol. The van der Waals surface area contributed by atoms with Gasteiger partial charge in [-0.2, -0.15) is 0 Å². The minimum atomic E-state index is -0.639. The second-order valence-corrected chi connectivity index (χ2v) is 8.80. The molecule has 1 aromatic carbocycles. The summed E-state index contributed by atoms with van der Waals surface area (Å²) in [5.74, 6) is 0.415. The normalized spacial score (nSPS) is 26.5. The van der Waals surface area contributed by atoms with Crippen molar-refractivity contribution in [2.24, 2.45) is 5.73 Å². The maximum absolute atomic E-state index is 13.2. The van der Waals surface area contributed by atoms with Gasteiger partial charge in [0.15, 0.2) is 11.5 Å². The SMILES string of the molecule is NC(=O)C1(N2CCCCC2)CCN(C2CC(=O)N(c3ccc4c(c3)OCO4)C2=O)CC1. The molecule has 1 unspecified atom stereocenters. The number of nitrogens with zero attached hydrogens (tertiary/aromatic N) is 3. The smallest absolute Gasteiger partial charge is 0.251 e. The van der Waals surface area contributed by atoms with Gasteiger partial charge in [-0.25, -0.2) is 4.90 Å². The zero-order valence-electron chi connectivity index (χ0n) is 17.5. The summed E-state index contributed by atoms with van der Waals surface area (Å²) in [5, 5.41) is 0. The fourth-order valence-corrected chi connectivity index (χ4v) is 5.44. The highest BCUT2D eigenvalue weighted by molar-refractivity contribution is 6.22. The number of fused-ring (bicyclic) bond motifs is 1. The van der Waals surface area contributed by atoms with Crippen LogP contribution in [0.25, 0.3) is 0 Å². The molecule has 2 N–H and O–H groups in total. The molecule has 1 aromatic rings. The molecular formula is C22H28N4O5. The fourth-order valence-electron chi connectivity index (χ4n) is 5.44. The molecule has 3 amide bonds. The van der Waals surface area contributed by atoms with Crippen LogP contribution in [0.2, 0.25) is 0 Å². The maximum Gasteiger partial charge on any atom is 0.251 e. The number of piperidine rings is 2. The number of amides is 3. The number of nitrogens with two attached hydrogens (primary N) is 1. The van der Waals surface area contributed by atoms with Gasteiger partial charge in [-0.1, -0.05) is 6.42 Å². The molecule has 4 aliphatic rings. The van der Waals surface area contributed by atoms with Crippen LogP contribution in [0.4, 0.5) is 5.69 Å². The first-order valence-corrected chi connectivity index (χ1v) is 11.0. The molecule has 0 saturated carbocycles. The standard InChI is InChI=1S/C22H28N4O5/c23-21(29)22(25-8-2-1-3-9-25)6-10-24(11-7-22)16-13-19(27)26(20(16)28)15-4-5-17-18(12-15)31-14-30-17/h4-5,12,16H,1-3,6-11,13-14H2,(H2,23,29). The number of carbonyl (C=O) groups excluding carboxylic acids is 3. The third kappa shape index (κ3) is 3.36. The number of rotatable bonds is 4. The Morgan fingerprint density at radius 1 is 1.00 bits per heavy atom. The van der Waals surface area contributed by atoms with Crippen LogP contribution < -0.4 is 20.1 Å². The molecule has 0 aliphatic carbocycles. The first kappa shape index (κ1) is 20.3. The quantitative estimate of drug-likeness (QED) is 0.709. The lowest BCUT2D eigenvalue weighted by Crippen LogP contribution is -2.64. The highest BCUT2D eigenvalue weighted by Gasteiger charge is 2.49. The van der Waals surface area contributed by atoms with Crippen LogP contribution in [-0.4, -0.2) is 72.1 Å². The largest absolute Gasteiger partial charge is 0.454 e. The number of benzene rings is 1. The van der Waals surface area contributed by atoms with Crippen molar-refractivity contribution in [2.45, 2.75) is 50.1 Å². The monoisotopic (exact) mass is 428 g/mol. The minimum absolute atomic E-state index is 0.135. The predicted molar refractivity (Wildman–Crippen MR) is 112 cm³/mol. The molecule has 3 fully saturated rings. The molecule has 31 heavy (non-hydrogen) atoms. The Kier molecular flexibility index (Phi) is 5.10. The number of anilines is 1. The van der Waals surface area contributed by atoms with Crippen molar-refractivity contribution in [3.63, 3.8) is 0 Å².